The summed E-state index contributed by atoms with van der Waals surface area (Å²) in [6.07, 6.45) is 1.69. The lowest BCUT2D eigenvalue weighted by atomic mass is 9.89. The van der Waals surface area contributed by atoms with Crippen LogP contribution in [0.4, 0.5) is 4.79 Å². The number of hydrogen-bond acceptors (Lipinski definition) is 3. The number of amides is 1. The maximum atomic E-state index is 12.0. The van der Waals surface area contributed by atoms with E-state index in [1.165, 1.54) is 0 Å². The minimum atomic E-state index is -3.81. The number of ether oxygens (including phenoxy) is 1. The van der Waals surface area contributed by atoms with Crippen molar-refractivity contribution in [3.05, 3.63) is 35.9 Å². The largest absolute Gasteiger partial charge is 0.444 e. The third-order valence-electron chi connectivity index (χ3n) is 3.35. The molecular weight excluding hydrogens is 361 g/mol. The van der Waals surface area contributed by atoms with E-state index in [0.717, 1.165) is 18.4 Å². The van der Waals surface area contributed by atoms with Crippen LogP contribution in [0, 0.1) is 5.92 Å². The first-order valence-electron chi connectivity index (χ1n) is 8.20. The van der Waals surface area contributed by atoms with Crippen molar-refractivity contribution < 1.29 is 24.2 Å². The molecule has 1 aromatic carbocycles. The molecule has 0 saturated heterocycles. The average Bonchev–Trinajstić information content (AvgIpc) is 2.44. The van der Waals surface area contributed by atoms with Crippen molar-refractivity contribution >= 4 is 24.6 Å². The molecule has 6 nitrogen and oxygen atoms in total. The smallest absolute Gasteiger partial charge is 0.408 e. The van der Waals surface area contributed by atoms with E-state index in [1.54, 1.807) is 0 Å². The monoisotopic (exact) mass is 391 g/mol. The van der Waals surface area contributed by atoms with Crippen molar-refractivity contribution in [2.75, 3.05) is 0 Å². The van der Waals surface area contributed by atoms with Crippen molar-refractivity contribution in [1.82, 2.24) is 5.32 Å². The fourth-order valence-electron chi connectivity index (χ4n) is 2.33. The Morgan fingerprint density at radius 1 is 1.16 bits per heavy atom. The van der Waals surface area contributed by atoms with Gasteiger partial charge in [0.2, 0.25) is 0 Å². The number of carbonyl (C=O) groups excluding carboxylic acids is 1. The van der Waals surface area contributed by atoms with Gasteiger partial charge in [-0.15, -0.1) is 0 Å². The van der Waals surface area contributed by atoms with E-state index < -0.39 is 12.3 Å². The molecule has 0 aliphatic carbocycles. The van der Waals surface area contributed by atoms with Crippen molar-refractivity contribution in [1.29, 1.82) is 0 Å². The molecule has 0 saturated carbocycles. The first-order chi connectivity index (χ1) is 11.4. The van der Waals surface area contributed by atoms with Gasteiger partial charge < -0.3 is 24.7 Å². The van der Waals surface area contributed by atoms with Crippen LogP contribution in [0.25, 0.3) is 0 Å². The van der Waals surface area contributed by atoms with Crippen LogP contribution in [0.15, 0.2) is 30.3 Å². The van der Waals surface area contributed by atoms with Crippen LogP contribution in [0.5, 0.6) is 0 Å². The van der Waals surface area contributed by atoms with Crippen molar-refractivity contribution in [3.8, 4) is 0 Å². The van der Waals surface area contributed by atoms with Gasteiger partial charge in [-0.1, -0.05) is 57.0 Å². The first-order valence-corrected chi connectivity index (χ1v) is 10.9. The summed E-state index contributed by atoms with van der Waals surface area (Å²) in [5, 5.41) is 3.03. The van der Waals surface area contributed by atoms with Gasteiger partial charge in [0.1, 0.15) is 5.60 Å². The normalized spacial score (nSPS) is 12.8. The molecule has 0 aromatic heterocycles. The van der Waals surface area contributed by atoms with Gasteiger partial charge in [0, 0.05) is 0 Å². The molecule has 1 aromatic rings. The number of rotatable bonds is 5. The number of nitrogens with one attached hydrogen (secondary N) is 1. The molecule has 0 radical (unpaired) electrons. The van der Waals surface area contributed by atoms with Crippen LogP contribution >= 0.6 is 6.72 Å². The maximum Gasteiger partial charge on any atom is 0.408 e. The molecule has 1 amide bonds. The summed E-state index contributed by atoms with van der Waals surface area (Å²) in [5.74, 6) is 0.407. The summed E-state index contributed by atoms with van der Waals surface area (Å²) >= 11 is 3.60. The van der Waals surface area contributed by atoms with E-state index in [1.807, 2.05) is 39.0 Å². The Bertz CT molecular complexity index is 544. The lowest BCUT2D eigenvalue weighted by Crippen LogP contribution is -2.37. The van der Waals surface area contributed by atoms with Gasteiger partial charge in [-0.25, -0.2) is 4.79 Å². The van der Waals surface area contributed by atoms with Gasteiger partial charge in [-0.05, 0) is 44.1 Å². The van der Waals surface area contributed by atoms with Crippen molar-refractivity contribution in [3.63, 3.8) is 0 Å². The predicted octanol–water partition coefficient (Wildman–Crippen LogP) is 3.88. The molecule has 4 N–H and O–H groups in total. The molecule has 1 atom stereocenters. The quantitative estimate of drug-likeness (QED) is 0.569. The number of alkyl carbamates (subject to hydrolysis) is 1. The van der Waals surface area contributed by atoms with Gasteiger partial charge >= 0.3 is 12.8 Å². The lowest BCUT2D eigenvalue weighted by Gasteiger charge is -2.28. The van der Waals surface area contributed by atoms with Crippen LogP contribution in [0.3, 0.4) is 0 Å². The highest BCUT2D eigenvalue weighted by atomic mass is 32.5. The van der Waals surface area contributed by atoms with Crippen LogP contribution in [-0.2, 0) is 16.5 Å². The Kier molecular flexibility index (Phi) is 10.5. The second-order valence-electron chi connectivity index (χ2n) is 6.62. The SMILES string of the molecule is CCC(CC)[C@@H](NC(=O)OC(C)(C)C)c1ccccc1.OP(O)(O)=S. The van der Waals surface area contributed by atoms with Crippen molar-refractivity contribution in [2.45, 2.75) is 59.1 Å². The minimum Gasteiger partial charge on any atom is -0.444 e. The molecule has 0 spiro atoms. The Balaban J connectivity index is 0.00000101. The van der Waals surface area contributed by atoms with Crippen LogP contribution < -0.4 is 5.32 Å². The molecule has 0 fully saturated rings. The summed E-state index contributed by atoms with van der Waals surface area (Å²) in [5.41, 5.74) is 0.659. The Morgan fingerprint density at radius 2 is 1.60 bits per heavy atom. The zero-order valence-electron chi connectivity index (χ0n) is 15.5. The zero-order valence-corrected chi connectivity index (χ0v) is 17.2. The van der Waals surface area contributed by atoms with E-state index in [-0.39, 0.29) is 12.1 Å². The van der Waals surface area contributed by atoms with Crippen LogP contribution in [0.1, 0.15) is 59.1 Å². The molecule has 0 aliphatic rings. The van der Waals surface area contributed by atoms with Gasteiger partial charge in [-0.3, -0.25) is 0 Å². The fraction of sp³-hybridized carbons (Fsp3) is 0.588. The average molecular weight is 391 g/mol. The molecule has 0 heterocycles. The number of carbonyl (C=O) groups is 1. The molecule has 144 valence electrons. The second kappa shape index (κ2) is 10.9. The van der Waals surface area contributed by atoms with E-state index in [9.17, 15) is 4.79 Å². The molecule has 1 rings (SSSR count). The molecule has 8 heteroatoms. The topological polar surface area (TPSA) is 99.0 Å². The maximum absolute atomic E-state index is 12.0. The Morgan fingerprint density at radius 3 is 1.96 bits per heavy atom. The van der Waals surface area contributed by atoms with E-state index in [2.05, 4.69) is 43.1 Å². The number of hydrogen-bond donors (Lipinski definition) is 4. The third-order valence-corrected chi connectivity index (χ3v) is 3.35. The van der Waals surface area contributed by atoms with Crippen molar-refractivity contribution in [2.24, 2.45) is 5.92 Å². The van der Waals surface area contributed by atoms with E-state index >= 15 is 0 Å². The number of benzene rings is 1. The standard InChI is InChI=1S/C17H27NO2.H3O3PS/c1-6-13(7-2)15(14-11-9-8-10-12-14)18-16(19)20-17(3,4)5;1-4(2,3)5/h8-13,15H,6-7H2,1-5H3,(H,18,19);(H3,1,2,3,5)/t15-;/m1./s1. The van der Waals surface area contributed by atoms with Gasteiger partial charge in [0.25, 0.3) is 0 Å². The Labute approximate surface area is 155 Å². The summed E-state index contributed by atoms with van der Waals surface area (Å²) in [4.78, 5) is 34.7. The summed E-state index contributed by atoms with van der Waals surface area (Å²) < 4.78 is 5.38. The summed E-state index contributed by atoms with van der Waals surface area (Å²) in [6, 6.07) is 10.1. The van der Waals surface area contributed by atoms with E-state index in [0.29, 0.717) is 5.92 Å². The third kappa shape index (κ3) is 13.0. The highest BCUT2D eigenvalue weighted by Gasteiger charge is 2.25. The second-order valence-corrected chi connectivity index (χ2v) is 9.12. The van der Waals surface area contributed by atoms with Gasteiger partial charge in [0.15, 0.2) is 0 Å². The van der Waals surface area contributed by atoms with Crippen LogP contribution in [-0.4, -0.2) is 26.4 Å². The van der Waals surface area contributed by atoms with Crippen LogP contribution in [0.2, 0.25) is 0 Å². The molecule has 0 bridgehead atoms. The molecule has 0 unspecified atom stereocenters. The molecule has 25 heavy (non-hydrogen) atoms. The Hall–Kier alpha value is -0.980. The minimum absolute atomic E-state index is 0.000972. The lowest BCUT2D eigenvalue weighted by molar-refractivity contribution is 0.0482. The van der Waals surface area contributed by atoms with E-state index in [4.69, 9.17) is 19.4 Å². The summed E-state index contributed by atoms with van der Waals surface area (Å²) in [7, 11) is 0. The first kappa shape index (κ1) is 24.0. The summed E-state index contributed by atoms with van der Waals surface area (Å²) in [6.45, 7) is 6.13. The fourth-order valence-corrected chi connectivity index (χ4v) is 2.33. The van der Waals surface area contributed by atoms with Gasteiger partial charge in [-0.2, -0.15) is 0 Å². The molecular formula is C17H30NO5PS. The van der Waals surface area contributed by atoms with Gasteiger partial charge in [0.05, 0.1) is 6.04 Å². The highest BCUT2D eigenvalue weighted by molar-refractivity contribution is 8.06. The zero-order chi connectivity index (χ0) is 19.7. The predicted molar refractivity (Wildman–Crippen MR) is 104 cm³/mol. The highest BCUT2D eigenvalue weighted by Crippen LogP contribution is 2.28. The molecule has 0 aliphatic heterocycles.